The number of anilines is 1. The van der Waals surface area contributed by atoms with Crippen LogP contribution in [0.5, 0.6) is 11.8 Å². The number of hydrogen-bond acceptors (Lipinski definition) is 8. The number of carbonyl (C=O) groups is 1. The smallest absolute Gasteiger partial charge is 0.410 e. The van der Waals surface area contributed by atoms with Crippen LogP contribution in [0.3, 0.4) is 0 Å². The summed E-state index contributed by atoms with van der Waals surface area (Å²) in [5, 5.41) is 0.909. The minimum Gasteiger partial charge on any atom is -0.485 e. The molecule has 3 saturated heterocycles. The lowest BCUT2D eigenvalue weighted by molar-refractivity contribution is -0.0434. The number of fused-ring (bicyclic) bond motifs is 1. The first-order valence-corrected chi connectivity index (χ1v) is 16.7. The van der Waals surface area contributed by atoms with Crippen molar-refractivity contribution >= 4 is 44.8 Å². The van der Waals surface area contributed by atoms with Gasteiger partial charge < -0.3 is 28.9 Å². The van der Waals surface area contributed by atoms with Crippen molar-refractivity contribution in [1.29, 1.82) is 0 Å². The van der Waals surface area contributed by atoms with Crippen LogP contribution >= 0.6 is 15.9 Å². The Morgan fingerprint density at radius 1 is 1.09 bits per heavy atom. The molecule has 0 N–H and O–H groups in total. The van der Waals surface area contributed by atoms with Crippen molar-refractivity contribution in [2.45, 2.75) is 64.8 Å². The third kappa shape index (κ3) is 7.07. The van der Waals surface area contributed by atoms with E-state index in [0.717, 1.165) is 97.3 Å². The molecule has 0 unspecified atom stereocenters. The standard InChI is InChI=1S/C35H44BrN5O4/c1-6-25-20-27-29(30(28(25)36)43-21-24-10-8-7-9-11-24)37-32(44-26-12-16-39(5)17-13-26)38-31(27)40-18-14-35(15-19-40)22-41(23-35)33(42)45-34(2,3)4/h6-11,20,26H,1,12-19,21-23H2,2-5H3. The quantitative estimate of drug-likeness (QED) is 0.267. The Labute approximate surface area is 274 Å². The Kier molecular flexibility index (Phi) is 8.98. The topological polar surface area (TPSA) is 80.3 Å². The molecule has 2 aromatic carbocycles. The zero-order valence-corrected chi connectivity index (χ0v) is 28.4. The maximum Gasteiger partial charge on any atom is 0.410 e. The van der Waals surface area contributed by atoms with Gasteiger partial charge in [-0.15, -0.1) is 0 Å². The van der Waals surface area contributed by atoms with Crippen molar-refractivity contribution in [1.82, 2.24) is 19.8 Å². The summed E-state index contributed by atoms with van der Waals surface area (Å²) in [4.78, 5) is 29.2. The van der Waals surface area contributed by atoms with E-state index in [1.807, 2.05) is 49.9 Å². The second-order valence-electron chi connectivity index (χ2n) is 13.8. The van der Waals surface area contributed by atoms with Crippen LogP contribution < -0.4 is 14.4 Å². The number of nitrogens with zero attached hydrogens (tertiary/aromatic N) is 5. The number of benzene rings is 2. The first kappa shape index (κ1) is 31.6. The normalized spacial score (nSPS) is 19.0. The van der Waals surface area contributed by atoms with Crippen molar-refractivity contribution in [2.24, 2.45) is 5.41 Å². The molecule has 1 amide bonds. The van der Waals surface area contributed by atoms with E-state index in [9.17, 15) is 4.79 Å². The predicted molar refractivity (Wildman–Crippen MR) is 181 cm³/mol. The highest BCUT2D eigenvalue weighted by Crippen LogP contribution is 2.45. The van der Waals surface area contributed by atoms with Gasteiger partial charge in [0.05, 0.1) is 4.47 Å². The fourth-order valence-electron chi connectivity index (χ4n) is 6.48. The summed E-state index contributed by atoms with van der Waals surface area (Å²) in [5.74, 6) is 1.50. The van der Waals surface area contributed by atoms with E-state index in [1.165, 1.54) is 0 Å². The van der Waals surface area contributed by atoms with Crippen molar-refractivity contribution in [2.75, 3.05) is 51.2 Å². The number of halogens is 1. The molecule has 45 heavy (non-hydrogen) atoms. The minimum atomic E-state index is -0.493. The molecule has 1 aromatic heterocycles. The van der Waals surface area contributed by atoms with E-state index in [0.29, 0.717) is 18.4 Å². The average Bonchev–Trinajstić information content (AvgIpc) is 3.00. The maximum absolute atomic E-state index is 12.6. The van der Waals surface area contributed by atoms with Gasteiger partial charge in [0, 0.05) is 50.1 Å². The Balaban J connectivity index is 1.30. The van der Waals surface area contributed by atoms with Crippen LogP contribution in [0.25, 0.3) is 17.0 Å². The van der Waals surface area contributed by atoms with Crippen molar-refractivity contribution in [3.8, 4) is 11.8 Å². The van der Waals surface area contributed by atoms with Crippen LogP contribution in [-0.4, -0.2) is 83.9 Å². The average molecular weight is 679 g/mol. The zero-order valence-electron chi connectivity index (χ0n) is 26.9. The van der Waals surface area contributed by atoms with Gasteiger partial charge in [-0.05, 0) is 86.6 Å². The second-order valence-corrected chi connectivity index (χ2v) is 14.6. The van der Waals surface area contributed by atoms with Gasteiger partial charge in [0.25, 0.3) is 0 Å². The Bertz CT molecular complexity index is 1540. The van der Waals surface area contributed by atoms with Gasteiger partial charge in [0.2, 0.25) is 0 Å². The first-order valence-electron chi connectivity index (χ1n) is 15.9. The molecule has 3 aromatic rings. The van der Waals surface area contributed by atoms with E-state index >= 15 is 0 Å². The van der Waals surface area contributed by atoms with E-state index in [-0.39, 0.29) is 17.6 Å². The predicted octanol–water partition coefficient (Wildman–Crippen LogP) is 6.92. The fourth-order valence-corrected chi connectivity index (χ4v) is 7.06. The lowest BCUT2D eigenvalue weighted by Gasteiger charge is -2.53. The van der Waals surface area contributed by atoms with Gasteiger partial charge in [-0.25, -0.2) is 4.79 Å². The van der Waals surface area contributed by atoms with Crippen LogP contribution in [0.2, 0.25) is 0 Å². The highest BCUT2D eigenvalue weighted by atomic mass is 79.9. The third-order valence-corrected chi connectivity index (χ3v) is 9.90. The van der Waals surface area contributed by atoms with Crippen molar-refractivity contribution in [3.63, 3.8) is 0 Å². The van der Waals surface area contributed by atoms with E-state index in [1.54, 1.807) is 0 Å². The highest BCUT2D eigenvalue weighted by molar-refractivity contribution is 9.10. The number of likely N-dealkylation sites (tertiary alicyclic amines) is 2. The molecular formula is C35H44BrN5O4. The maximum atomic E-state index is 12.6. The number of rotatable bonds is 7. The number of piperidine rings is 2. The van der Waals surface area contributed by atoms with Crippen molar-refractivity contribution < 1.29 is 19.0 Å². The molecule has 3 fully saturated rings. The van der Waals surface area contributed by atoms with Crippen LogP contribution in [0.15, 0.2) is 47.4 Å². The van der Waals surface area contributed by atoms with Crippen LogP contribution in [0, 0.1) is 5.41 Å². The Hall–Kier alpha value is -3.37. The molecule has 10 heteroatoms. The summed E-state index contributed by atoms with van der Waals surface area (Å²) in [6, 6.07) is 12.6. The molecule has 3 aliphatic rings. The highest BCUT2D eigenvalue weighted by Gasteiger charge is 2.48. The van der Waals surface area contributed by atoms with Crippen LogP contribution in [0.4, 0.5) is 10.6 Å². The second kappa shape index (κ2) is 12.8. The summed E-state index contributed by atoms with van der Waals surface area (Å²) < 4.78 is 19.4. The molecule has 0 saturated carbocycles. The van der Waals surface area contributed by atoms with E-state index < -0.39 is 5.60 Å². The van der Waals surface area contributed by atoms with Crippen LogP contribution in [0.1, 0.15) is 57.6 Å². The molecular weight excluding hydrogens is 634 g/mol. The molecule has 0 atom stereocenters. The minimum absolute atomic E-state index is 0.0644. The molecule has 240 valence electrons. The monoisotopic (exact) mass is 677 g/mol. The third-order valence-electron chi connectivity index (χ3n) is 9.08. The molecule has 6 rings (SSSR count). The lowest BCUT2D eigenvalue weighted by atomic mass is 9.72. The summed E-state index contributed by atoms with van der Waals surface area (Å²) in [7, 11) is 2.14. The van der Waals surface area contributed by atoms with Gasteiger partial charge in [0.15, 0.2) is 5.75 Å². The number of carbonyl (C=O) groups excluding carboxylic acids is 1. The number of hydrogen-bond donors (Lipinski definition) is 0. The molecule has 0 aliphatic carbocycles. The zero-order chi connectivity index (χ0) is 31.8. The van der Waals surface area contributed by atoms with Gasteiger partial charge in [-0.2, -0.15) is 9.97 Å². The van der Waals surface area contributed by atoms with Gasteiger partial charge in [0.1, 0.15) is 29.6 Å². The lowest BCUT2D eigenvalue weighted by Crippen LogP contribution is -2.62. The molecule has 3 aliphatic heterocycles. The summed E-state index contributed by atoms with van der Waals surface area (Å²) >= 11 is 3.79. The Morgan fingerprint density at radius 2 is 1.78 bits per heavy atom. The Morgan fingerprint density at radius 3 is 2.42 bits per heavy atom. The summed E-state index contributed by atoms with van der Waals surface area (Å²) in [5.41, 5.74) is 2.33. The molecule has 9 nitrogen and oxygen atoms in total. The SMILES string of the molecule is C=Cc1cc2c(N3CCC4(CC3)CN(C(=O)OC(C)(C)C)C4)nc(OC3CCN(C)CC3)nc2c(OCc2ccccc2)c1Br. The van der Waals surface area contributed by atoms with E-state index in [4.69, 9.17) is 24.2 Å². The number of aromatic nitrogens is 2. The van der Waals surface area contributed by atoms with E-state index in [2.05, 4.69) is 57.6 Å². The van der Waals surface area contributed by atoms with Gasteiger partial charge in [-0.3, -0.25) is 0 Å². The van der Waals surface area contributed by atoms with Gasteiger partial charge in [-0.1, -0.05) is 43.0 Å². The first-order chi connectivity index (χ1) is 21.5. The molecule has 0 radical (unpaired) electrons. The molecule has 1 spiro atoms. The summed E-state index contributed by atoms with van der Waals surface area (Å²) in [6.07, 6.45) is 5.47. The summed E-state index contributed by atoms with van der Waals surface area (Å²) in [6.45, 7) is 15.3. The molecule has 4 heterocycles. The van der Waals surface area contributed by atoms with Crippen molar-refractivity contribution in [3.05, 3.63) is 58.6 Å². The number of amides is 1. The molecule has 0 bridgehead atoms. The van der Waals surface area contributed by atoms with Crippen LogP contribution in [-0.2, 0) is 11.3 Å². The number of ether oxygens (including phenoxy) is 3. The van der Waals surface area contributed by atoms with Gasteiger partial charge >= 0.3 is 12.1 Å². The fraction of sp³-hybridized carbons (Fsp3) is 0.514. The largest absolute Gasteiger partial charge is 0.485 e.